The average molecular weight is 395 g/mol. The lowest BCUT2D eigenvalue weighted by molar-refractivity contribution is -0.134. The number of ether oxygens (including phenoxy) is 1. The van der Waals surface area contributed by atoms with Crippen LogP contribution in [-0.2, 0) is 16.6 Å². The molecule has 1 aromatic heterocycles. The molecule has 2 aromatic carbocycles. The van der Waals surface area contributed by atoms with Crippen LogP contribution in [0.1, 0.15) is 10.8 Å². The zero-order valence-corrected chi connectivity index (χ0v) is 16.4. The molecule has 0 spiro atoms. The molecule has 0 N–H and O–H groups in total. The molecular formula is C21H21N3O3S. The number of benzene rings is 2. The Morgan fingerprint density at radius 3 is 2.50 bits per heavy atom. The second kappa shape index (κ2) is 8.16. The Bertz CT molecular complexity index is 1050. The number of fused-ring (bicyclic) bond motifs is 1. The lowest BCUT2D eigenvalue weighted by atomic mass is 10.1. The van der Waals surface area contributed by atoms with Crippen molar-refractivity contribution in [2.24, 2.45) is 7.05 Å². The summed E-state index contributed by atoms with van der Waals surface area (Å²) < 4.78 is 6.90. The third-order valence-electron chi connectivity index (χ3n) is 4.81. The predicted octanol–water partition coefficient (Wildman–Crippen LogP) is 2.63. The van der Waals surface area contributed by atoms with Crippen molar-refractivity contribution in [2.45, 2.75) is 10.4 Å². The maximum absolute atomic E-state index is 13.3. The molecule has 0 saturated carbocycles. The Hall–Kier alpha value is -2.64. The third kappa shape index (κ3) is 3.68. The number of nitrogens with zero attached hydrogens (tertiary/aromatic N) is 3. The van der Waals surface area contributed by atoms with Crippen LogP contribution in [0.4, 0.5) is 0 Å². The van der Waals surface area contributed by atoms with Crippen LogP contribution < -0.4 is 5.56 Å². The van der Waals surface area contributed by atoms with E-state index in [4.69, 9.17) is 4.74 Å². The van der Waals surface area contributed by atoms with E-state index in [0.29, 0.717) is 42.4 Å². The first kappa shape index (κ1) is 18.7. The van der Waals surface area contributed by atoms with Gasteiger partial charge in [0.2, 0.25) is 5.91 Å². The van der Waals surface area contributed by atoms with Crippen LogP contribution in [-0.4, -0.2) is 46.7 Å². The third-order valence-corrected chi connectivity index (χ3v) is 6.10. The highest BCUT2D eigenvalue weighted by Crippen LogP contribution is 2.36. The molecule has 0 radical (unpaired) electrons. The number of carbonyl (C=O) groups excluding carboxylic acids is 1. The summed E-state index contributed by atoms with van der Waals surface area (Å²) in [5.74, 6) is 0.0157. The summed E-state index contributed by atoms with van der Waals surface area (Å²) >= 11 is 1.32. The normalized spacial score (nSPS) is 15.5. The summed E-state index contributed by atoms with van der Waals surface area (Å²) in [4.78, 5) is 32.5. The largest absolute Gasteiger partial charge is 0.378 e. The van der Waals surface area contributed by atoms with Crippen molar-refractivity contribution in [1.29, 1.82) is 0 Å². The lowest BCUT2D eigenvalue weighted by Gasteiger charge is -2.30. The fraction of sp³-hybridized carbons (Fsp3) is 0.286. The van der Waals surface area contributed by atoms with E-state index in [1.54, 1.807) is 13.1 Å². The first-order valence-corrected chi connectivity index (χ1v) is 10.1. The maximum atomic E-state index is 13.3. The van der Waals surface area contributed by atoms with Gasteiger partial charge in [0.05, 0.1) is 24.1 Å². The summed E-state index contributed by atoms with van der Waals surface area (Å²) in [6.07, 6.45) is 0. The van der Waals surface area contributed by atoms with E-state index in [1.807, 2.05) is 53.4 Å². The van der Waals surface area contributed by atoms with Crippen LogP contribution in [0.2, 0.25) is 0 Å². The molecule has 1 amide bonds. The van der Waals surface area contributed by atoms with E-state index in [0.717, 1.165) is 5.56 Å². The Balaban J connectivity index is 1.74. The van der Waals surface area contributed by atoms with Crippen LogP contribution in [0.15, 0.2) is 64.5 Å². The first-order valence-electron chi connectivity index (χ1n) is 9.19. The van der Waals surface area contributed by atoms with Crippen LogP contribution in [0.3, 0.4) is 0 Å². The molecule has 4 rings (SSSR count). The number of thioether (sulfide) groups is 1. The molecule has 1 atom stereocenters. The highest BCUT2D eigenvalue weighted by atomic mass is 32.2. The number of carbonyl (C=O) groups is 1. The van der Waals surface area contributed by atoms with Crippen LogP contribution in [0.5, 0.6) is 0 Å². The van der Waals surface area contributed by atoms with Gasteiger partial charge in [-0.2, -0.15) is 0 Å². The minimum atomic E-state index is -0.474. The molecule has 7 heteroatoms. The summed E-state index contributed by atoms with van der Waals surface area (Å²) in [6.45, 7) is 2.24. The topological polar surface area (TPSA) is 64.4 Å². The molecule has 144 valence electrons. The fourth-order valence-electron chi connectivity index (χ4n) is 3.25. The molecule has 0 unspecified atom stereocenters. The van der Waals surface area contributed by atoms with Crippen molar-refractivity contribution in [3.63, 3.8) is 0 Å². The maximum Gasteiger partial charge on any atom is 0.261 e. The number of hydrogen-bond acceptors (Lipinski definition) is 5. The number of hydrogen-bond donors (Lipinski definition) is 0. The van der Waals surface area contributed by atoms with E-state index in [2.05, 4.69) is 4.98 Å². The summed E-state index contributed by atoms with van der Waals surface area (Å²) in [5, 5.41) is 0.628. The Morgan fingerprint density at radius 2 is 1.75 bits per heavy atom. The van der Waals surface area contributed by atoms with Gasteiger partial charge in [-0.25, -0.2) is 4.98 Å². The van der Waals surface area contributed by atoms with Gasteiger partial charge < -0.3 is 9.64 Å². The van der Waals surface area contributed by atoms with Gasteiger partial charge in [-0.1, -0.05) is 54.2 Å². The van der Waals surface area contributed by atoms with Gasteiger partial charge >= 0.3 is 0 Å². The van der Waals surface area contributed by atoms with E-state index >= 15 is 0 Å². The highest BCUT2D eigenvalue weighted by molar-refractivity contribution is 8.00. The second-order valence-electron chi connectivity index (χ2n) is 6.62. The van der Waals surface area contributed by atoms with Gasteiger partial charge in [-0.3, -0.25) is 14.2 Å². The van der Waals surface area contributed by atoms with Gasteiger partial charge in [0.25, 0.3) is 5.56 Å². The number of para-hydroxylation sites is 1. The van der Waals surface area contributed by atoms with Crippen molar-refractivity contribution in [3.8, 4) is 0 Å². The van der Waals surface area contributed by atoms with Gasteiger partial charge in [0.1, 0.15) is 5.25 Å². The van der Waals surface area contributed by atoms with Crippen molar-refractivity contribution >= 4 is 28.6 Å². The molecule has 1 saturated heterocycles. The van der Waals surface area contributed by atoms with Crippen LogP contribution >= 0.6 is 11.8 Å². The van der Waals surface area contributed by atoms with Crippen LogP contribution in [0.25, 0.3) is 10.9 Å². The van der Waals surface area contributed by atoms with Gasteiger partial charge in [-0.15, -0.1) is 0 Å². The van der Waals surface area contributed by atoms with Gasteiger partial charge in [0, 0.05) is 20.1 Å². The SMILES string of the molecule is Cn1c(S[C@@H](C(=O)N2CCOCC2)c2ccccc2)nc2ccccc2c1=O. The number of morpholine rings is 1. The van der Waals surface area contributed by atoms with Crippen molar-refractivity contribution < 1.29 is 9.53 Å². The standard InChI is InChI=1S/C21H21N3O3S/c1-23-19(25)16-9-5-6-10-17(16)22-21(23)28-18(15-7-3-2-4-8-15)20(26)24-11-13-27-14-12-24/h2-10,18H,11-14H2,1H3/t18-/m1/s1. The highest BCUT2D eigenvalue weighted by Gasteiger charge is 2.29. The Labute approximate surface area is 167 Å². The van der Waals surface area contributed by atoms with Gasteiger partial charge in [0.15, 0.2) is 5.16 Å². The smallest absolute Gasteiger partial charge is 0.261 e. The summed E-state index contributed by atoms with van der Waals surface area (Å²) in [6, 6.07) is 16.9. The minimum Gasteiger partial charge on any atom is -0.378 e. The molecule has 6 nitrogen and oxygen atoms in total. The molecule has 3 aromatic rings. The number of aromatic nitrogens is 2. The second-order valence-corrected chi connectivity index (χ2v) is 7.69. The van der Waals surface area contributed by atoms with Crippen molar-refractivity contribution in [1.82, 2.24) is 14.5 Å². The fourth-order valence-corrected chi connectivity index (χ4v) is 4.39. The zero-order valence-electron chi connectivity index (χ0n) is 15.6. The zero-order chi connectivity index (χ0) is 19.5. The molecule has 1 fully saturated rings. The average Bonchev–Trinajstić information content (AvgIpc) is 2.76. The summed E-state index contributed by atoms with van der Waals surface area (Å²) in [5.41, 5.74) is 1.42. The molecule has 1 aliphatic rings. The molecular weight excluding hydrogens is 374 g/mol. The van der Waals surface area contributed by atoms with E-state index in [9.17, 15) is 9.59 Å². The Kier molecular flexibility index (Phi) is 5.45. The van der Waals surface area contributed by atoms with Crippen molar-refractivity contribution in [3.05, 3.63) is 70.5 Å². The van der Waals surface area contributed by atoms with E-state index in [-0.39, 0.29) is 11.5 Å². The number of amides is 1. The lowest BCUT2D eigenvalue weighted by Crippen LogP contribution is -2.42. The molecule has 28 heavy (non-hydrogen) atoms. The number of rotatable bonds is 4. The van der Waals surface area contributed by atoms with E-state index in [1.165, 1.54) is 16.3 Å². The molecule has 0 bridgehead atoms. The van der Waals surface area contributed by atoms with Crippen molar-refractivity contribution in [2.75, 3.05) is 26.3 Å². The summed E-state index contributed by atoms with van der Waals surface area (Å²) in [7, 11) is 1.70. The van der Waals surface area contributed by atoms with E-state index < -0.39 is 5.25 Å². The predicted molar refractivity (Wildman–Crippen MR) is 109 cm³/mol. The molecule has 0 aliphatic carbocycles. The monoisotopic (exact) mass is 395 g/mol. The Morgan fingerprint density at radius 1 is 1.07 bits per heavy atom. The minimum absolute atomic E-state index is 0.0157. The quantitative estimate of drug-likeness (QED) is 0.502. The molecule has 2 heterocycles. The van der Waals surface area contributed by atoms with Crippen LogP contribution in [0, 0.1) is 0 Å². The first-order chi connectivity index (χ1) is 13.6. The van der Waals surface area contributed by atoms with Gasteiger partial charge in [-0.05, 0) is 17.7 Å². The molecule has 1 aliphatic heterocycles.